The lowest BCUT2D eigenvalue weighted by atomic mass is 9.92. The number of halogens is 4. The van der Waals surface area contributed by atoms with Gasteiger partial charge in [-0.15, -0.1) is 0 Å². The molecule has 0 bridgehead atoms. The molecule has 2 aromatic heterocycles. The van der Waals surface area contributed by atoms with Crippen molar-refractivity contribution in [3.8, 4) is 16.8 Å². The molecule has 5 aromatic rings. The number of fused-ring (bicyclic) bond motifs is 1. The van der Waals surface area contributed by atoms with Crippen LogP contribution in [0.1, 0.15) is 98.9 Å². The van der Waals surface area contributed by atoms with Crippen LogP contribution in [-0.4, -0.2) is 127 Å². The standard InChI is InChI=1S/C48H51F4N11O5/c1-27-5-10-36(62-26-31(23-54-62)42(65)53-24-39-55-46(58-57-39)47(3,4)48(50,51)52)28(2)41(27)30-8-6-29(7-9-30)25-59-17-19-60(20-18-59)32-13-15-61(16-14-32)38-22-34-33(21-35(38)49)44(67)63(45(34)68)37-11-12-40(64)56-43(37)66/h5-10,21-23,26,32,37H,11-20,24-25H2,1-4H3,(H,53,65)(H,55,57,58)(H,56,64,66). The molecule has 6 heterocycles. The molecule has 0 aliphatic carbocycles. The van der Waals surface area contributed by atoms with Crippen LogP contribution >= 0.6 is 0 Å². The van der Waals surface area contributed by atoms with Gasteiger partial charge in [-0.2, -0.15) is 23.4 Å². The lowest BCUT2D eigenvalue weighted by Crippen LogP contribution is -2.54. The second-order valence-electron chi connectivity index (χ2n) is 18.5. The number of aromatic amines is 1. The van der Waals surface area contributed by atoms with Gasteiger partial charge in [-0.1, -0.05) is 30.3 Å². The minimum absolute atomic E-state index is 0.00599. The largest absolute Gasteiger partial charge is 0.401 e. The fourth-order valence-electron chi connectivity index (χ4n) is 9.66. The van der Waals surface area contributed by atoms with Crippen LogP contribution < -0.4 is 15.5 Å². The maximum Gasteiger partial charge on any atom is 0.401 e. The highest BCUT2D eigenvalue weighted by Crippen LogP contribution is 2.39. The van der Waals surface area contributed by atoms with Crippen molar-refractivity contribution in [2.24, 2.45) is 0 Å². The van der Waals surface area contributed by atoms with E-state index in [1.165, 1.54) is 17.8 Å². The van der Waals surface area contributed by atoms with Gasteiger partial charge in [0.05, 0.1) is 40.8 Å². The van der Waals surface area contributed by atoms with E-state index in [0.29, 0.717) is 19.1 Å². The number of aromatic nitrogens is 5. The zero-order valence-electron chi connectivity index (χ0n) is 38.0. The topological polar surface area (TPSA) is 182 Å². The number of alkyl halides is 3. The Hall–Kier alpha value is -6.80. The molecule has 3 saturated heterocycles. The summed E-state index contributed by atoms with van der Waals surface area (Å²) in [6, 6.07) is 14.2. The van der Waals surface area contributed by atoms with E-state index in [9.17, 15) is 37.1 Å². The first-order valence-electron chi connectivity index (χ1n) is 22.7. The van der Waals surface area contributed by atoms with Gasteiger partial charge in [0.2, 0.25) is 11.8 Å². The molecule has 20 heteroatoms. The molecule has 9 rings (SSSR count). The zero-order valence-corrected chi connectivity index (χ0v) is 38.0. The zero-order chi connectivity index (χ0) is 48.2. The molecule has 1 atom stereocenters. The lowest BCUT2D eigenvalue weighted by Gasteiger charge is -2.43. The summed E-state index contributed by atoms with van der Waals surface area (Å²) in [4.78, 5) is 75.4. The van der Waals surface area contributed by atoms with Gasteiger partial charge in [-0.3, -0.25) is 49.1 Å². The van der Waals surface area contributed by atoms with Crippen molar-refractivity contribution in [3.63, 3.8) is 0 Å². The molecule has 16 nitrogen and oxygen atoms in total. The van der Waals surface area contributed by atoms with Gasteiger partial charge in [-0.25, -0.2) is 14.1 Å². The number of carbonyl (C=O) groups is 5. The number of benzene rings is 3. The molecule has 0 spiro atoms. The fourth-order valence-corrected chi connectivity index (χ4v) is 9.66. The second kappa shape index (κ2) is 18.0. The summed E-state index contributed by atoms with van der Waals surface area (Å²) in [5.41, 5.74) is 4.39. The number of amides is 5. The Morgan fingerprint density at radius 3 is 2.24 bits per heavy atom. The van der Waals surface area contributed by atoms with Gasteiger partial charge in [0.1, 0.15) is 23.1 Å². The average Bonchev–Trinajstić information content (AvgIpc) is 4.06. The Morgan fingerprint density at radius 1 is 0.868 bits per heavy atom. The third-order valence-corrected chi connectivity index (χ3v) is 13.8. The number of nitrogens with one attached hydrogen (secondary N) is 3. The fraction of sp³-hybridized carbons (Fsp3) is 0.417. The van der Waals surface area contributed by atoms with Crippen molar-refractivity contribution < 1.29 is 41.5 Å². The summed E-state index contributed by atoms with van der Waals surface area (Å²) < 4.78 is 57.5. The maximum absolute atomic E-state index is 15.5. The summed E-state index contributed by atoms with van der Waals surface area (Å²) in [5.74, 6) is -3.93. The van der Waals surface area contributed by atoms with E-state index in [1.807, 2.05) is 30.9 Å². The first-order valence-corrected chi connectivity index (χ1v) is 22.7. The van der Waals surface area contributed by atoms with Crippen LogP contribution in [0, 0.1) is 19.7 Å². The highest BCUT2D eigenvalue weighted by molar-refractivity contribution is 6.23. The Balaban J connectivity index is 0.764. The number of rotatable bonds is 11. The van der Waals surface area contributed by atoms with E-state index >= 15 is 4.39 Å². The average molecular weight is 938 g/mol. The summed E-state index contributed by atoms with van der Waals surface area (Å²) in [7, 11) is 0. The van der Waals surface area contributed by atoms with Gasteiger partial charge in [0, 0.05) is 64.5 Å². The molecule has 356 valence electrons. The van der Waals surface area contributed by atoms with Crippen molar-refractivity contribution in [2.75, 3.05) is 44.2 Å². The van der Waals surface area contributed by atoms with Crippen molar-refractivity contribution in [1.29, 1.82) is 0 Å². The molecular formula is C48H51F4N11O5. The lowest BCUT2D eigenvalue weighted by molar-refractivity contribution is -0.182. The van der Waals surface area contributed by atoms with E-state index in [2.05, 4.69) is 65.0 Å². The van der Waals surface area contributed by atoms with Crippen LogP contribution in [0.3, 0.4) is 0 Å². The van der Waals surface area contributed by atoms with E-state index in [4.69, 9.17) is 0 Å². The minimum atomic E-state index is -4.54. The van der Waals surface area contributed by atoms with Crippen LogP contribution in [0.25, 0.3) is 16.8 Å². The minimum Gasteiger partial charge on any atom is -0.369 e. The smallest absolute Gasteiger partial charge is 0.369 e. The van der Waals surface area contributed by atoms with Gasteiger partial charge < -0.3 is 10.2 Å². The highest BCUT2D eigenvalue weighted by Gasteiger charge is 2.51. The number of carbonyl (C=O) groups excluding carboxylic acids is 5. The van der Waals surface area contributed by atoms with Crippen molar-refractivity contribution in [1.82, 2.24) is 50.3 Å². The van der Waals surface area contributed by atoms with Crippen LogP contribution in [0.2, 0.25) is 0 Å². The van der Waals surface area contributed by atoms with E-state index in [1.54, 1.807) is 10.9 Å². The summed E-state index contributed by atoms with van der Waals surface area (Å²) in [6.45, 7) is 11.5. The van der Waals surface area contributed by atoms with Gasteiger partial charge in [-0.05, 0) is 93.0 Å². The molecule has 0 radical (unpaired) electrons. The maximum atomic E-state index is 15.5. The van der Waals surface area contributed by atoms with Crippen LogP contribution in [0.4, 0.5) is 23.2 Å². The summed E-state index contributed by atoms with van der Waals surface area (Å²) >= 11 is 0. The van der Waals surface area contributed by atoms with Crippen LogP contribution in [0.15, 0.2) is 60.9 Å². The second-order valence-corrected chi connectivity index (χ2v) is 18.5. The molecular weight excluding hydrogens is 887 g/mol. The van der Waals surface area contributed by atoms with Crippen molar-refractivity contribution in [3.05, 3.63) is 112 Å². The first-order chi connectivity index (χ1) is 32.4. The van der Waals surface area contributed by atoms with Crippen LogP contribution in [-0.2, 0) is 28.1 Å². The Morgan fingerprint density at radius 2 is 1.56 bits per heavy atom. The molecule has 3 N–H and O–H groups in total. The number of H-pyrrole nitrogens is 1. The predicted octanol–water partition coefficient (Wildman–Crippen LogP) is 5.37. The van der Waals surface area contributed by atoms with Gasteiger partial charge in [0.15, 0.2) is 5.82 Å². The van der Waals surface area contributed by atoms with Gasteiger partial charge >= 0.3 is 6.18 Å². The monoisotopic (exact) mass is 937 g/mol. The Labute approximate surface area is 389 Å². The summed E-state index contributed by atoms with van der Waals surface area (Å²) in [6.07, 6.45) is 0.157. The number of aryl methyl sites for hydroxylation is 1. The normalized spacial score (nSPS) is 18.9. The van der Waals surface area contributed by atoms with Crippen molar-refractivity contribution >= 4 is 35.2 Å². The highest BCUT2D eigenvalue weighted by atomic mass is 19.4. The number of hydrogen-bond acceptors (Lipinski definition) is 11. The van der Waals surface area contributed by atoms with E-state index < -0.39 is 58.8 Å². The first kappa shape index (κ1) is 46.3. The number of imide groups is 2. The Bertz CT molecular complexity index is 2810. The third kappa shape index (κ3) is 8.77. The predicted molar refractivity (Wildman–Crippen MR) is 240 cm³/mol. The number of nitrogens with zero attached hydrogens (tertiary/aromatic N) is 8. The molecule has 4 aliphatic rings. The van der Waals surface area contributed by atoms with Gasteiger partial charge in [0.25, 0.3) is 17.7 Å². The third-order valence-electron chi connectivity index (χ3n) is 13.8. The van der Waals surface area contributed by atoms with E-state index in [0.717, 1.165) is 98.3 Å². The molecule has 3 fully saturated rings. The number of anilines is 1. The SMILES string of the molecule is Cc1ccc(-n2cc(C(=O)NCc3nc(C(C)(C)C(F)(F)F)n[nH]3)cn2)c(C)c1-c1ccc(CN2CCN(C3CCN(c4cc5c(cc4F)C(=O)N(C4CCC(=O)NC4=O)C5=O)CC3)CC2)cc1. The van der Waals surface area contributed by atoms with Crippen molar-refractivity contribution in [2.45, 2.75) is 90.1 Å². The molecule has 3 aromatic carbocycles. The Kier molecular flexibility index (Phi) is 12.3. The van der Waals surface area contributed by atoms with Crippen LogP contribution in [0.5, 0.6) is 0 Å². The molecule has 68 heavy (non-hydrogen) atoms. The number of piperazine rings is 1. The molecule has 0 saturated carbocycles. The number of piperidine rings is 2. The number of hydrogen-bond donors (Lipinski definition) is 3. The molecule has 4 aliphatic heterocycles. The molecule has 1 unspecified atom stereocenters. The van der Waals surface area contributed by atoms with E-state index in [-0.39, 0.29) is 47.6 Å². The molecule has 5 amide bonds. The summed E-state index contributed by atoms with van der Waals surface area (Å²) in [5, 5.41) is 15.5. The quantitative estimate of drug-likeness (QED) is 0.114.